The van der Waals surface area contributed by atoms with Crippen LogP contribution in [0.5, 0.6) is 0 Å². The van der Waals surface area contributed by atoms with Gasteiger partial charge in [0.15, 0.2) is 0 Å². The minimum Gasteiger partial charge on any atom is -0.444 e. The van der Waals surface area contributed by atoms with Crippen molar-refractivity contribution in [3.05, 3.63) is 30.0 Å². The molecule has 2 aromatic rings. The van der Waals surface area contributed by atoms with Crippen molar-refractivity contribution in [3.63, 3.8) is 0 Å². The number of carbonyl (C=O) groups is 1. The van der Waals surface area contributed by atoms with Gasteiger partial charge in [0, 0.05) is 43.8 Å². The molecule has 1 saturated carbocycles. The molecule has 2 heterocycles. The fourth-order valence-corrected chi connectivity index (χ4v) is 4.00. The van der Waals surface area contributed by atoms with Gasteiger partial charge in [-0.3, -0.25) is 9.58 Å². The summed E-state index contributed by atoms with van der Waals surface area (Å²) in [6.45, 7) is 11.2. The highest BCUT2D eigenvalue weighted by Gasteiger charge is 2.37. The average Bonchev–Trinajstić information content (AvgIpc) is 2.95. The summed E-state index contributed by atoms with van der Waals surface area (Å²) in [5.41, 5.74) is 1.91. The molecule has 1 amide bonds. The summed E-state index contributed by atoms with van der Waals surface area (Å²) in [6, 6.07) is 7.54. The molecule has 6 nitrogen and oxygen atoms in total. The molecule has 27 heavy (non-hydrogen) atoms. The van der Waals surface area contributed by atoms with E-state index in [2.05, 4.69) is 40.9 Å². The van der Waals surface area contributed by atoms with E-state index in [1.54, 1.807) is 0 Å². The lowest BCUT2D eigenvalue weighted by Gasteiger charge is -2.46. The minimum absolute atomic E-state index is 0.188. The van der Waals surface area contributed by atoms with Crippen molar-refractivity contribution in [2.75, 3.05) is 26.2 Å². The summed E-state index contributed by atoms with van der Waals surface area (Å²) >= 11 is 0. The van der Waals surface area contributed by atoms with Gasteiger partial charge in [0.25, 0.3) is 0 Å². The van der Waals surface area contributed by atoms with Gasteiger partial charge in [0.2, 0.25) is 0 Å². The Balaban J connectivity index is 1.28. The Morgan fingerprint density at radius 2 is 1.81 bits per heavy atom. The smallest absolute Gasteiger partial charge is 0.410 e. The second kappa shape index (κ2) is 6.82. The van der Waals surface area contributed by atoms with Crippen LogP contribution in [0.4, 0.5) is 4.79 Å². The Bertz CT molecular complexity index is 824. The fraction of sp³-hybridized carbons (Fsp3) is 0.619. The van der Waals surface area contributed by atoms with E-state index in [0.717, 1.165) is 44.5 Å². The highest BCUT2D eigenvalue weighted by molar-refractivity contribution is 5.78. The van der Waals surface area contributed by atoms with Gasteiger partial charge in [0.1, 0.15) is 5.60 Å². The zero-order valence-corrected chi connectivity index (χ0v) is 16.8. The van der Waals surface area contributed by atoms with Gasteiger partial charge in [-0.15, -0.1) is 0 Å². The number of aromatic nitrogens is 2. The number of hydrogen-bond donors (Lipinski definition) is 0. The van der Waals surface area contributed by atoms with Crippen molar-refractivity contribution >= 4 is 17.0 Å². The molecular formula is C21H30N4O2. The number of carbonyl (C=O) groups excluding carboxylic acids is 1. The first-order chi connectivity index (χ1) is 12.8. The SMILES string of the molecule is Cc1ccc2cn(C3CC(N4CCN(C(=O)OC(C)(C)C)CC4)C3)nc2c1. The van der Waals surface area contributed by atoms with Crippen molar-refractivity contribution in [1.29, 1.82) is 0 Å². The molecule has 2 fully saturated rings. The maximum absolute atomic E-state index is 12.2. The molecule has 1 saturated heterocycles. The molecule has 0 radical (unpaired) electrons. The molecule has 1 aromatic heterocycles. The van der Waals surface area contributed by atoms with E-state index in [1.807, 2.05) is 25.7 Å². The van der Waals surface area contributed by atoms with E-state index in [9.17, 15) is 4.79 Å². The molecule has 0 spiro atoms. The second-order valence-corrected chi connectivity index (χ2v) is 8.95. The maximum atomic E-state index is 12.2. The largest absolute Gasteiger partial charge is 0.444 e. The number of fused-ring (bicyclic) bond motifs is 1. The van der Waals surface area contributed by atoms with Gasteiger partial charge in [0.05, 0.1) is 11.6 Å². The highest BCUT2D eigenvalue weighted by atomic mass is 16.6. The van der Waals surface area contributed by atoms with Crippen LogP contribution in [-0.2, 0) is 4.74 Å². The first-order valence-corrected chi connectivity index (χ1v) is 9.96. The Kier molecular flexibility index (Phi) is 4.62. The van der Waals surface area contributed by atoms with Gasteiger partial charge in [-0.05, 0) is 52.2 Å². The van der Waals surface area contributed by atoms with Gasteiger partial charge >= 0.3 is 6.09 Å². The molecule has 6 heteroatoms. The van der Waals surface area contributed by atoms with Crippen LogP contribution in [0.3, 0.4) is 0 Å². The average molecular weight is 370 g/mol. The van der Waals surface area contributed by atoms with E-state index in [0.29, 0.717) is 12.1 Å². The first-order valence-electron chi connectivity index (χ1n) is 9.96. The maximum Gasteiger partial charge on any atom is 0.410 e. The topological polar surface area (TPSA) is 50.6 Å². The Hall–Kier alpha value is -2.08. The summed E-state index contributed by atoms with van der Waals surface area (Å²) < 4.78 is 7.63. The van der Waals surface area contributed by atoms with E-state index in [1.165, 1.54) is 10.9 Å². The molecule has 146 valence electrons. The summed E-state index contributed by atoms with van der Waals surface area (Å²) in [6.07, 6.45) is 4.27. The number of ether oxygens (including phenoxy) is 1. The highest BCUT2D eigenvalue weighted by Crippen LogP contribution is 2.36. The quantitative estimate of drug-likeness (QED) is 0.810. The summed E-state index contributed by atoms with van der Waals surface area (Å²) in [5.74, 6) is 0. The van der Waals surface area contributed by atoms with Crippen LogP contribution < -0.4 is 0 Å². The Labute approximate surface area is 161 Å². The molecule has 1 aromatic carbocycles. The molecule has 2 aliphatic rings. The van der Waals surface area contributed by atoms with Crippen LogP contribution in [0.15, 0.2) is 24.4 Å². The number of benzene rings is 1. The van der Waals surface area contributed by atoms with Crippen molar-refractivity contribution in [2.45, 2.75) is 58.2 Å². The normalized spacial score (nSPS) is 24.1. The van der Waals surface area contributed by atoms with Crippen LogP contribution >= 0.6 is 0 Å². The molecule has 0 atom stereocenters. The number of amides is 1. The summed E-state index contributed by atoms with van der Waals surface area (Å²) in [7, 11) is 0. The number of piperazine rings is 1. The number of rotatable bonds is 2. The van der Waals surface area contributed by atoms with Crippen LogP contribution in [0.1, 0.15) is 45.2 Å². The number of nitrogens with zero attached hydrogens (tertiary/aromatic N) is 4. The molecule has 0 unspecified atom stereocenters. The third kappa shape index (κ3) is 3.95. The first kappa shape index (κ1) is 18.3. The zero-order valence-electron chi connectivity index (χ0n) is 16.8. The third-order valence-electron chi connectivity index (χ3n) is 5.63. The van der Waals surface area contributed by atoms with E-state index < -0.39 is 5.60 Å². The number of aryl methyl sites for hydroxylation is 1. The Morgan fingerprint density at radius 1 is 1.11 bits per heavy atom. The predicted molar refractivity (Wildman–Crippen MR) is 106 cm³/mol. The molecule has 4 rings (SSSR count). The van der Waals surface area contributed by atoms with Crippen LogP contribution in [-0.4, -0.2) is 63.5 Å². The van der Waals surface area contributed by atoms with Gasteiger partial charge in [-0.25, -0.2) is 4.79 Å². The second-order valence-electron chi connectivity index (χ2n) is 8.95. The minimum atomic E-state index is -0.429. The summed E-state index contributed by atoms with van der Waals surface area (Å²) in [4.78, 5) is 16.5. The molecule has 0 bridgehead atoms. The van der Waals surface area contributed by atoms with Crippen molar-refractivity contribution in [2.24, 2.45) is 0 Å². The standard InChI is InChI=1S/C21H30N4O2/c1-15-5-6-16-14-25(22-19(16)11-15)18-12-17(13-18)23-7-9-24(10-8-23)20(26)27-21(2,3)4/h5-6,11,14,17-18H,7-10,12-13H2,1-4H3. The fourth-order valence-electron chi connectivity index (χ4n) is 4.00. The van der Waals surface area contributed by atoms with Crippen LogP contribution in [0.25, 0.3) is 10.9 Å². The van der Waals surface area contributed by atoms with Crippen LogP contribution in [0, 0.1) is 6.92 Å². The molecule has 1 aliphatic heterocycles. The predicted octanol–water partition coefficient (Wildman–Crippen LogP) is 3.60. The van der Waals surface area contributed by atoms with E-state index >= 15 is 0 Å². The Morgan fingerprint density at radius 3 is 2.48 bits per heavy atom. The number of hydrogen-bond acceptors (Lipinski definition) is 4. The lowest BCUT2D eigenvalue weighted by molar-refractivity contribution is -0.00138. The lowest BCUT2D eigenvalue weighted by atomic mass is 9.85. The van der Waals surface area contributed by atoms with Crippen molar-refractivity contribution in [3.8, 4) is 0 Å². The third-order valence-corrected chi connectivity index (χ3v) is 5.63. The zero-order chi connectivity index (χ0) is 19.2. The lowest BCUT2D eigenvalue weighted by Crippen LogP contribution is -2.55. The molecule has 0 N–H and O–H groups in total. The van der Waals surface area contributed by atoms with Crippen LogP contribution in [0.2, 0.25) is 0 Å². The monoisotopic (exact) mass is 370 g/mol. The van der Waals surface area contributed by atoms with E-state index in [-0.39, 0.29) is 6.09 Å². The molecular weight excluding hydrogens is 340 g/mol. The summed E-state index contributed by atoms with van der Waals surface area (Å²) in [5, 5.41) is 5.99. The van der Waals surface area contributed by atoms with Gasteiger partial charge in [-0.1, -0.05) is 12.1 Å². The van der Waals surface area contributed by atoms with E-state index in [4.69, 9.17) is 9.84 Å². The molecule has 1 aliphatic carbocycles. The van der Waals surface area contributed by atoms with Gasteiger partial charge < -0.3 is 9.64 Å². The van der Waals surface area contributed by atoms with Crippen molar-refractivity contribution < 1.29 is 9.53 Å². The van der Waals surface area contributed by atoms with Gasteiger partial charge in [-0.2, -0.15) is 5.10 Å². The van der Waals surface area contributed by atoms with Crippen molar-refractivity contribution in [1.82, 2.24) is 19.6 Å².